The lowest BCUT2D eigenvalue weighted by atomic mass is 9.97. The molecule has 2 aromatic carbocycles. The molecule has 1 unspecified atom stereocenters. The fourth-order valence-electron chi connectivity index (χ4n) is 4.93. The second-order valence-corrected chi connectivity index (χ2v) is 18.7. The summed E-state index contributed by atoms with van der Waals surface area (Å²) in [5.74, 6) is -1.81. The molecule has 2 aromatic rings. The molecular formula is C35H48O7Si. The van der Waals surface area contributed by atoms with Gasteiger partial charge in [0.1, 0.15) is 12.2 Å². The fourth-order valence-corrected chi connectivity index (χ4v) is 5.64. The molecule has 234 valence electrons. The molecule has 3 rings (SSSR count). The lowest BCUT2D eigenvalue weighted by Gasteiger charge is -2.24. The second kappa shape index (κ2) is 15.1. The Labute approximate surface area is 257 Å². The van der Waals surface area contributed by atoms with Gasteiger partial charge in [-0.2, -0.15) is 0 Å². The Hall–Kier alpha value is -3.04. The number of hydrogen-bond acceptors (Lipinski definition) is 7. The van der Waals surface area contributed by atoms with E-state index < -0.39 is 38.1 Å². The lowest BCUT2D eigenvalue weighted by Crippen LogP contribution is -2.37. The number of carbonyl (C=O) groups is 2. The van der Waals surface area contributed by atoms with Crippen LogP contribution >= 0.6 is 0 Å². The second-order valence-electron chi connectivity index (χ2n) is 13.1. The predicted octanol–water partition coefficient (Wildman–Crippen LogP) is 7.13. The third-order valence-electron chi connectivity index (χ3n) is 7.18. The van der Waals surface area contributed by atoms with Crippen molar-refractivity contribution in [2.24, 2.45) is 5.92 Å². The Balaban J connectivity index is 1.84. The Morgan fingerprint density at radius 2 is 1.74 bits per heavy atom. The third kappa shape index (κ3) is 10.6. The smallest absolute Gasteiger partial charge is 0.338 e. The molecule has 1 fully saturated rings. The van der Waals surface area contributed by atoms with Gasteiger partial charge in [0, 0.05) is 14.7 Å². The number of aliphatic hydroxyl groups is 1. The van der Waals surface area contributed by atoms with Crippen LogP contribution in [0.25, 0.3) is 6.08 Å². The summed E-state index contributed by atoms with van der Waals surface area (Å²) in [4.78, 5) is 26.2. The number of aryl methyl sites for hydroxylation is 2. The molecule has 1 N–H and O–H groups in total. The first-order chi connectivity index (χ1) is 20.2. The lowest BCUT2D eigenvalue weighted by molar-refractivity contribution is -0.152. The fraction of sp³-hybridized carbons (Fsp3) is 0.486. The molecule has 1 saturated heterocycles. The van der Waals surface area contributed by atoms with E-state index in [9.17, 15) is 14.7 Å². The third-order valence-corrected chi connectivity index (χ3v) is 8.88. The van der Waals surface area contributed by atoms with E-state index in [1.807, 2.05) is 71.0 Å². The molecule has 0 aromatic heterocycles. The number of hydrogen-bond donors (Lipinski definition) is 1. The van der Waals surface area contributed by atoms with E-state index in [0.29, 0.717) is 24.2 Å². The SMILES string of the molecule is Cc1cc(C)c(C(=O)OCC[Si](C)(C)C)c(/C=C/C[C@@H]2OC(C)(C)O[C@@H]2C(/C=C\[C@H](C)CO)OC(=O)c2ccccc2)c1. The highest BCUT2D eigenvalue weighted by Gasteiger charge is 2.45. The minimum absolute atomic E-state index is 0.0334. The summed E-state index contributed by atoms with van der Waals surface area (Å²) in [6.07, 6.45) is 6.15. The standard InChI is InChI=1S/C35H48O7Si/c1-24(23-36)17-18-29(40-33(37)27-13-10-9-11-14-27)32-30(41-35(4,5)42-32)16-12-15-28-22-25(2)21-26(3)31(28)34(38)39-19-20-43(6,7)8/h9-15,17-18,21-22,24,29-30,32,36H,16,19-20,23H2,1-8H3/b15-12+,18-17-/t24-,29?,30-,32+/m0/s1. The number of rotatable bonds is 13. The predicted molar refractivity (Wildman–Crippen MR) is 173 cm³/mol. The summed E-state index contributed by atoms with van der Waals surface area (Å²) >= 11 is 0. The topological polar surface area (TPSA) is 91.3 Å². The first-order valence-electron chi connectivity index (χ1n) is 15.0. The Bertz CT molecular complexity index is 1290. The van der Waals surface area contributed by atoms with Crippen LogP contribution in [0, 0.1) is 19.8 Å². The van der Waals surface area contributed by atoms with Crippen LogP contribution in [0.5, 0.6) is 0 Å². The van der Waals surface area contributed by atoms with Crippen molar-refractivity contribution in [1.29, 1.82) is 0 Å². The maximum absolute atomic E-state index is 13.1. The van der Waals surface area contributed by atoms with Gasteiger partial charge in [-0.05, 0) is 75.4 Å². The normalized spacial score (nSPS) is 19.9. The van der Waals surface area contributed by atoms with E-state index in [1.54, 1.807) is 30.3 Å². The molecule has 4 atom stereocenters. The van der Waals surface area contributed by atoms with Crippen LogP contribution in [0.1, 0.15) is 64.6 Å². The summed E-state index contributed by atoms with van der Waals surface area (Å²) in [7, 11) is -1.34. The molecule has 0 radical (unpaired) electrons. The van der Waals surface area contributed by atoms with Crippen LogP contribution in [0.15, 0.2) is 60.7 Å². The van der Waals surface area contributed by atoms with Gasteiger partial charge in [0.25, 0.3) is 0 Å². The van der Waals surface area contributed by atoms with Crippen molar-refractivity contribution in [2.75, 3.05) is 13.2 Å². The molecule has 0 spiro atoms. The van der Waals surface area contributed by atoms with Crippen LogP contribution in [0.3, 0.4) is 0 Å². The van der Waals surface area contributed by atoms with Crippen molar-refractivity contribution in [2.45, 2.75) is 90.8 Å². The summed E-state index contributed by atoms with van der Waals surface area (Å²) in [5.41, 5.74) is 3.70. The highest BCUT2D eigenvalue weighted by atomic mass is 28.3. The number of benzene rings is 2. The zero-order valence-corrected chi connectivity index (χ0v) is 27.9. The first kappa shape index (κ1) is 34.4. The number of ether oxygens (including phenoxy) is 4. The van der Waals surface area contributed by atoms with Gasteiger partial charge in [-0.1, -0.05) is 80.7 Å². The molecule has 0 amide bonds. The highest BCUT2D eigenvalue weighted by Crippen LogP contribution is 2.34. The number of esters is 2. The minimum atomic E-state index is -1.34. The van der Waals surface area contributed by atoms with Crippen LogP contribution < -0.4 is 0 Å². The Morgan fingerprint density at radius 3 is 2.40 bits per heavy atom. The van der Waals surface area contributed by atoms with Crippen LogP contribution in [-0.4, -0.2) is 62.4 Å². The van der Waals surface area contributed by atoms with Crippen molar-refractivity contribution in [3.63, 3.8) is 0 Å². The van der Waals surface area contributed by atoms with Gasteiger partial charge < -0.3 is 24.1 Å². The Morgan fingerprint density at radius 1 is 1.05 bits per heavy atom. The molecule has 43 heavy (non-hydrogen) atoms. The average molecular weight is 609 g/mol. The first-order valence-corrected chi connectivity index (χ1v) is 18.8. The van der Waals surface area contributed by atoms with E-state index in [4.69, 9.17) is 18.9 Å². The van der Waals surface area contributed by atoms with Gasteiger partial charge in [0.05, 0.1) is 23.8 Å². The van der Waals surface area contributed by atoms with E-state index in [-0.39, 0.29) is 18.5 Å². The van der Waals surface area contributed by atoms with Crippen molar-refractivity contribution >= 4 is 26.1 Å². The van der Waals surface area contributed by atoms with E-state index >= 15 is 0 Å². The molecule has 7 nitrogen and oxygen atoms in total. The van der Waals surface area contributed by atoms with Crippen LogP contribution in [0.4, 0.5) is 0 Å². The van der Waals surface area contributed by atoms with E-state index in [0.717, 1.165) is 22.7 Å². The van der Waals surface area contributed by atoms with Crippen LogP contribution in [-0.2, 0) is 18.9 Å². The van der Waals surface area contributed by atoms with Gasteiger partial charge in [-0.25, -0.2) is 9.59 Å². The summed E-state index contributed by atoms with van der Waals surface area (Å²) in [5, 5.41) is 9.56. The van der Waals surface area contributed by atoms with Crippen molar-refractivity contribution in [1.82, 2.24) is 0 Å². The number of aliphatic hydroxyl groups excluding tert-OH is 1. The summed E-state index contributed by atoms with van der Waals surface area (Å²) in [6, 6.07) is 13.7. The zero-order valence-electron chi connectivity index (χ0n) is 26.9. The maximum atomic E-state index is 13.1. The van der Waals surface area contributed by atoms with Crippen molar-refractivity contribution in [3.8, 4) is 0 Å². The number of carbonyl (C=O) groups excluding carboxylic acids is 2. The van der Waals surface area contributed by atoms with Gasteiger partial charge in [0.15, 0.2) is 5.79 Å². The van der Waals surface area contributed by atoms with Gasteiger partial charge in [-0.15, -0.1) is 0 Å². The molecule has 0 bridgehead atoms. The summed E-state index contributed by atoms with van der Waals surface area (Å²) < 4.78 is 24.2. The average Bonchev–Trinajstić information content (AvgIpc) is 3.23. The van der Waals surface area contributed by atoms with E-state index in [1.165, 1.54) is 0 Å². The minimum Gasteiger partial charge on any atom is -0.462 e. The molecule has 8 heteroatoms. The molecule has 0 saturated carbocycles. The molecule has 1 aliphatic heterocycles. The van der Waals surface area contributed by atoms with Gasteiger partial charge in [0.2, 0.25) is 0 Å². The highest BCUT2D eigenvalue weighted by molar-refractivity contribution is 6.76. The molecule has 1 aliphatic rings. The van der Waals surface area contributed by atoms with E-state index in [2.05, 4.69) is 19.6 Å². The Kier molecular flexibility index (Phi) is 12.1. The van der Waals surface area contributed by atoms with Gasteiger partial charge in [-0.3, -0.25) is 0 Å². The largest absolute Gasteiger partial charge is 0.462 e. The van der Waals surface area contributed by atoms with Crippen LogP contribution in [0.2, 0.25) is 25.7 Å². The monoisotopic (exact) mass is 608 g/mol. The summed E-state index contributed by atoms with van der Waals surface area (Å²) in [6.45, 7) is 16.6. The maximum Gasteiger partial charge on any atom is 0.338 e. The molecular weight excluding hydrogens is 560 g/mol. The molecule has 1 heterocycles. The molecule has 0 aliphatic carbocycles. The van der Waals surface area contributed by atoms with Crippen molar-refractivity contribution in [3.05, 3.63) is 88.5 Å². The van der Waals surface area contributed by atoms with Gasteiger partial charge >= 0.3 is 11.9 Å². The quantitative estimate of drug-likeness (QED) is 0.147. The van der Waals surface area contributed by atoms with Crippen molar-refractivity contribution < 1.29 is 33.6 Å². The zero-order chi connectivity index (χ0) is 31.8.